The van der Waals surface area contributed by atoms with Gasteiger partial charge >= 0.3 is 5.97 Å². The summed E-state index contributed by atoms with van der Waals surface area (Å²) in [5.74, 6) is -0.0364. The van der Waals surface area contributed by atoms with Crippen LogP contribution in [0.15, 0.2) is 29.6 Å². The molecule has 0 aliphatic carbocycles. The summed E-state index contributed by atoms with van der Waals surface area (Å²) in [5.41, 5.74) is 1.21. The second-order valence-corrected chi connectivity index (χ2v) is 6.03. The van der Waals surface area contributed by atoms with Gasteiger partial charge in [-0.1, -0.05) is 41.0 Å². The summed E-state index contributed by atoms with van der Waals surface area (Å²) in [7, 11) is 0. The Morgan fingerprint density at radius 1 is 1.35 bits per heavy atom. The van der Waals surface area contributed by atoms with Crippen molar-refractivity contribution in [3.05, 3.63) is 45.6 Å². The molecule has 0 saturated carbocycles. The van der Waals surface area contributed by atoms with Gasteiger partial charge in [0, 0.05) is 12.7 Å². The number of benzene rings is 1. The summed E-state index contributed by atoms with van der Waals surface area (Å²) in [5, 5.41) is 4.66. The minimum absolute atomic E-state index is 0.287. The van der Waals surface area contributed by atoms with Gasteiger partial charge in [-0.2, -0.15) is 0 Å². The Balaban J connectivity index is 2.22. The maximum Gasteiger partial charge on any atom is 0.343 e. The smallest absolute Gasteiger partial charge is 0.343 e. The first-order chi connectivity index (χ1) is 11.0. The number of carbonyl (C=O) groups excluding carboxylic acids is 1. The molecule has 0 spiro atoms. The topological polar surface area (TPSA) is 64.1 Å². The van der Waals surface area contributed by atoms with Crippen molar-refractivity contribution in [2.24, 2.45) is 0 Å². The molecule has 2 rings (SSSR count). The first-order valence-corrected chi connectivity index (χ1v) is 8.79. The van der Waals surface area contributed by atoms with Crippen LogP contribution in [-0.4, -0.2) is 28.8 Å². The van der Waals surface area contributed by atoms with Crippen molar-refractivity contribution in [1.82, 2.24) is 9.97 Å². The van der Waals surface area contributed by atoms with Gasteiger partial charge in [-0.25, -0.2) is 14.8 Å². The van der Waals surface area contributed by atoms with E-state index in [9.17, 15) is 4.79 Å². The predicted molar refractivity (Wildman–Crippen MR) is 93.6 cm³/mol. The van der Waals surface area contributed by atoms with Gasteiger partial charge in [-0.3, -0.25) is 0 Å². The molecule has 0 radical (unpaired) electrons. The van der Waals surface area contributed by atoms with Gasteiger partial charge < -0.3 is 10.1 Å². The lowest BCUT2D eigenvalue weighted by Gasteiger charge is -2.11. The van der Waals surface area contributed by atoms with Gasteiger partial charge in [-0.05, 0) is 30.9 Å². The van der Waals surface area contributed by atoms with Crippen LogP contribution in [0, 0.1) is 0 Å². The lowest BCUT2D eigenvalue weighted by Crippen LogP contribution is -2.12. The standard InChI is InChI=1S/C15H15Cl2N3O2S/c1-3-22-14(21)10-8-19-15(23-2)20-13(10)18-7-9-4-5-11(16)12(17)6-9/h4-6,8H,3,7H2,1-2H3,(H,18,19,20). The van der Waals surface area contributed by atoms with Crippen LogP contribution in [0.1, 0.15) is 22.8 Å². The minimum Gasteiger partial charge on any atom is -0.462 e. The number of aromatic nitrogens is 2. The Morgan fingerprint density at radius 3 is 2.78 bits per heavy atom. The lowest BCUT2D eigenvalue weighted by atomic mass is 10.2. The molecular formula is C15H15Cl2N3O2S. The molecule has 0 amide bonds. The molecule has 0 aliphatic rings. The van der Waals surface area contributed by atoms with Crippen molar-refractivity contribution < 1.29 is 9.53 Å². The van der Waals surface area contributed by atoms with Crippen LogP contribution in [-0.2, 0) is 11.3 Å². The Labute approximate surface area is 148 Å². The van der Waals surface area contributed by atoms with Crippen LogP contribution in [0.25, 0.3) is 0 Å². The fourth-order valence-electron chi connectivity index (χ4n) is 1.79. The molecule has 0 aliphatic heterocycles. The highest BCUT2D eigenvalue weighted by Crippen LogP contribution is 2.24. The molecular weight excluding hydrogens is 357 g/mol. The molecule has 122 valence electrons. The summed E-state index contributed by atoms with van der Waals surface area (Å²) < 4.78 is 5.02. The third kappa shape index (κ3) is 4.73. The van der Waals surface area contributed by atoms with Crippen molar-refractivity contribution in [3.8, 4) is 0 Å². The molecule has 2 aromatic rings. The number of ether oxygens (including phenoxy) is 1. The first kappa shape index (κ1) is 17.8. The third-order valence-electron chi connectivity index (χ3n) is 2.89. The molecule has 1 aromatic carbocycles. The van der Waals surface area contributed by atoms with E-state index in [1.165, 1.54) is 18.0 Å². The number of hydrogen-bond acceptors (Lipinski definition) is 6. The summed E-state index contributed by atoms with van der Waals surface area (Å²) in [6.45, 7) is 2.47. The van der Waals surface area contributed by atoms with Gasteiger partial charge in [-0.15, -0.1) is 0 Å². The number of thioether (sulfide) groups is 1. The summed E-state index contributed by atoms with van der Waals surface area (Å²) in [4.78, 5) is 20.4. The molecule has 1 aromatic heterocycles. The molecule has 0 atom stereocenters. The van der Waals surface area contributed by atoms with Crippen LogP contribution in [0.3, 0.4) is 0 Å². The van der Waals surface area contributed by atoms with Crippen molar-refractivity contribution in [2.45, 2.75) is 18.6 Å². The normalized spacial score (nSPS) is 10.4. The van der Waals surface area contributed by atoms with E-state index >= 15 is 0 Å². The van der Waals surface area contributed by atoms with Crippen LogP contribution in [0.4, 0.5) is 5.82 Å². The number of hydrogen-bond donors (Lipinski definition) is 1. The Hall–Kier alpha value is -1.50. The van der Waals surface area contributed by atoms with Gasteiger partial charge in [0.1, 0.15) is 11.4 Å². The number of nitrogens with zero attached hydrogens (tertiary/aromatic N) is 2. The van der Waals surface area contributed by atoms with Gasteiger partial charge in [0.05, 0.1) is 16.7 Å². The maximum absolute atomic E-state index is 12.0. The van der Waals surface area contributed by atoms with Crippen LogP contribution in [0.5, 0.6) is 0 Å². The van der Waals surface area contributed by atoms with E-state index in [0.29, 0.717) is 33.1 Å². The van der Waals surface area contributed by atoms with Crippen LogP contribution in [0.2, 0.25) is 10.0 Å². The average Bonchev–Trinajstić information content (AvgIpc) is 2.55. The quantitative estimate of drug-likeness (QED) is 0.464. The van der Waals surface area contributed by atoms with Crippen LogP contribution >= 0.6 is 35.0 Å². The minimum atomic E-state index is -0.461. The highest BCUT2D eigenvalue weighted by Gasteiger charge is 2.15. The second-order valence-electron chi connectivity index (χ2n) is 4.44. The van der Waals surface area contributed by atoms with E-state index < -0.39 is 5.97 Å². The first-order valence-electron chi connectivity index (χ1n) is 6.81. The lowest BCUT2D eigenvalue weighted by molar-refractivity contribution is 0.0526. The number of nitrogens with one attached hydrogen (secondary N) is 1. The Bertz CT molecular complexity index is 713. The van der Waals surface area contributed by atoms with Gasteiger partial charge in [0.2, 0.25) is 0 Å². The molecule has 0 bridgehead atoms. The molecule has 1 N–H and O–H groups in total. The van der Waals surface area contributed by atoms with E-state index in [0.717, 1.165) is 5.56 Å². The van der Waals surface area contributed by atoms with E-state index in [1.54, 1.807) is 19.1 Å². The van der Waals surface area contributed by atoms with E-state index in [1.807, 2.05) is 12.3 Å². The van der Waals surface area contributed by atoms with Crippen molar-refractivity contribution in [3.63, 3.8) is 0 Å². The Kier molecular flexibility index (Phi) is 6.50. The molecule has 8 heteroatoms. The number of carbonyl (C=O) groups is 1. The average molecular weight is 372 g/mol. The fourth-order valence-corrected chi connectivity index (χ4v) is 2.45. The summed E-state index contributed by atoms with van der Waals surface area (Å²) in [6.07, 6.45) is 3.33. The second kappa shape index (κ2) is 8.38. The van der Waals surface area contributed by atoms with Crippen molar-refractivity contribution in [1.29, 1.82) is 0 Å². The number of rotatable bonds is 6. The molecule has 0 fully saturated rings. The van der Waals surface area contributed by atoms with E-state index in [-0.39, 0.29) is 6.61 Å². The highest BCUT2D eigenvalue weighted by atomic mass is 35.5. The van der Waals surface area contributed by atoms with E-state index in [2.05, 4.69) is 15.3 Å². The molecule has 5 nitrogen and oxygen atoms in total. The zero-order valence-corrected chi connectivity index (χ0v) is 14.9. The molecule has 0 unspecified atom stereocenters. The number of anilines is 1. The van der Waals surface area contributed by atoms with Crippen LogP contribution < -0.4 is 5.32 Å². The van der Waals surface area contributed by atoms with Gasteiger partial charge in [0.25, 0.3) is 0 Å². The largest absolute Gasteiger partial charge is 0.462 e. The predicted octanol–water partition coefficient (Wildman–Crippen LogP) is 4.29. The van der Waals surface area contributed by atoms with Crippen molar-refractivity contribution >= 4 is 46.8 Å². The Morgan fingerprint density at radius 2 is 2.13 bits per heavy atom. The number of halogens is 2. The van der Waals surface area contributed by atoms with Gasteiger partial charge in [0.15, 0.2) is 5.16 Å². The zero-order chi connectivity index (χ0) is 16.8. The summed E-state index contributed by atoms with van der Waals surface area (Å²) in [6, 6.07) is 5.33. The molecule has 1 heterocycles. The fraction of sp³-hybridized carbons (Fsp3) is 0.267. The molecule has 23 heavy (non-hydrogen) atoms. The summed E-state index contributed by atoms with van der Waals surface area (Å²) >= 11 is 13.3. The zero-order valence-electron chi connectivity index (χ0n) is 12.6. The number of esters is 1. The highest BCUT2D eigenvalue weighted by molar-refractivity contribution is 7.98. The van der Waals surface area contributed by atoms with E-state index in [4.69, 9.17) is 27.9 Å². The van der Waals surface area contributed by atoms with Crippen molar-refractivity contribution in [2.75, 3.05) is 18.2 Å². The SMILES string of the molecule is CCOC(=O)c1cnc(SC)nc1NCc1ccc(Cl)c(Cl)c1. The molecule has 0 saturated heterocycles. The monoisotopic (exact) mass is 371 g/mol. The maximum atomic E-state index is 12.0. The third-order valence-corrected chi connectivity index (χ3v) is 4.19.